The first-order valence-corrected chi connectivity index (χ1v) is 17.1. The van der Waals surface area contributed by atoms with Crippen LogP contribution in [0.5, 0.6) is 0 Å². The van der Waals surface area contributed by atoms with Crippen molar-refractivity contribution < 1.29 is 14.3 Å². The predicted molar refractivity (Wildman–Crippen MR) is 158 cm³/mol. The highest BCUT2D eigenvalue weighted by molar-refractivity contribution is 6.73. The maximum absolute atomic E-state index is 13.9. The van der Waals surface area contributed by atoms with E-state index in [9.17, 15) is 9.90 Å². The molecule has 0 aliphatic rings. The fraction of sp³-hybridized carbons (Fsp3) is 0.594. The highest BCUT2D eigenvalue weighted by atomic mass is 28.4. The van der Waals surface area contributed by atoms with E-state index in [0.717, 1.165) is 11.1 Å². The summed E-state index contributed by atoms with van der Waals surface area (Å²) in [6.45, 7) is 9.35. The fourth-order valence-electron chi connectivity index (χ4n) is 5.19. The summed E-state index contributed by atoms with van der Waals surface area (Å²) >= 11 is 0. The topological polar surface area (TPSA) is 49.8 Å². The Morgan fingerprint density at radius 2 is 1.30 bits per heavy atom. The maximum atomic E-state index is 13.9. The number of carbonyl (C=O) groups excluding carboxylic acids is 1. The molecule has 0 aromatic heterocycles. The van der Waals surface area contributed by atoms with Gasteiger partial charge in [0, 0.05) is 13.7 Å². The molecule has 0 saturated carbocycles. The Bertz CT molecular complexity index is 854. The van der Waals surface area contributed by atoms with Crippen LogP contribution in [0.25, 0.3) is 0 Å². The van der Waals surface area contributed by atoms with Crippen molar-refractivity contribution in [3.63, 3.8) is 0 Å². The lowest BCUT2D eigenvalue weighted by molar-refractivity contribution is -0.136. The van der Waals surface area contributed by atoms with Gasteiger partial charge in [-0.2, -0.15) is 0 Å². The van der Waals surface area contributed by atoms with E-state index in [-0.39, 0.29) is 17.9 Å². The van der Waals surface area contributed by atoms with Crippen LogP contribution in [0.4, 0.5) is 0 Å². The van der Waals surface area contributed by atoms with E-state index in [0.29, 0.717) is 13.0 Å². The Balaban J connectivity index is 2.19. The molecule has 4 nitrogen and oxygen atoms in total. The predicted octanol–water partition coefficient (Wildman–Crippen LogP) is 8.10. The second kappa shape index (κ2) is 16.8. The molecule has 2 aromatic carbocycles. The van der Waals surface area contributed by atoms with Gasteiger partial charge in [0.1, 0.15) is 0 Å². The van der Waals surface area contributed by atoms with Crippen LogP contribution in [0.3, 0.4) is 0 Å². The number of nitrogens with zero attached hydrogens (tertiary/aromatic N) is 1. The van der Waals surface area contributed by atoms with Gasteiger partial charge in [-0.05, 0) is 42.6 Å². The second-order valence-corrected chi connectivity index (χ2v) is 14.8. The molecule has 0 aliphatic heterocycles. The molecule has 0 radical (unpaired) electrons. The Morgan fingerprint density at radius 1 is 0.838 bits per heavy atom. The molecule has 0 aliphatic carbocycles. The van der Waals surface area contributed by atoms with E-state index in [1.807, 2.05) is 74.6 Å². The van der Waals surface area contributed by atoms with Gasteiger partial charge in [-0.1, -0.05) is 120 Å². The Morgan fingerprint density at radius 3 is 1.76 bits per heavy atom. The average molecular weight is 526 g/mol. The van der Waals surface area contributed by atoms with Gasteiger partial charge in [0.25, 0.3) is 0 Å². The molecule has 37 heavy (non-hydrogen) atoms. The number of rotatable bonds is 18. The number of aliphatic hydroxyl groups is 1. The minimum absolute atomic E-state index is 0.0419. The van der Waals surface area contributed by atoms with Crippen molar-refractivity contribution in [2.45, 2.75) is 109 Å². The van der Waals surface area contributed by atoms with Crippen molar-refractivity contribution in [1.82, 2.24) is 4.90 Å². The molecule has 0 unspecified atom stereocenters. The Kier molecular flexibility index (Phi) is 14.2. The summed E-state index contributed by atoms with van der Waals surface area (Å²) in [5, 5.41) is 11.0. The quantitative estimate of drug-likeness (QED) is 0.200. The lowest BCUT2D eigenvalue weighted by atomic mass is 9.93. The highest BCUT2D eigenvalue weighted by Gasteiger charge is 2.35. The summed E-state index contributed by atoms with van der Waals surface area (Å²) < 4.78 is 6.91. The monoisotopic (exact) mass is 525 g/mol. The molecular weight excluding hydrogens is 474 g/mol. The lowest BCUT2D eigenvalue weighted by Crippen LogP contribution is -2.42. The molecule has 0 fully saturated rings. The first-order chi connectivity index (χ1) is 17.9. The van der Waals surface area contributed by atoms with Crippen LogP contribution < -0.4 is 0 Å². The van der Waals surface area contributed by atoms with E-state index in [4.69, 9.17) is 4.43 Å². The highest BCUT2D eigenvalue weighted by Crippen LogP contribution is 2.32. The zero-order valence-electron chi connectivity index (χ0n) is 24.0. The van der Waals surface area contributed by atoms with Crippen LogP contribution in [0, 0.1) is 0 Å². The van der Waals surface area contributed by atoms with Crippen molar-refractivity contribution in [2.75, 3.05) is 13.7 Å². The van der Waals surface area contributed by atoms with Gasteiger partial charge < -0.3 is 14.4 Å². The molecule has 5 heteroatoms. The van der Waals surface area contributed by atoms with Gasteiger partial charge >= 0.3 is 0 Å². The van der Waals surface area contributed by atoms with Crippen molar-refractivity contribution in [3.8, 4) is 0 Å². The van der Waals surface area contributed by atoms with Gasteiger partial charge in [-0.3, -0.25) is 4.79 Å². The number of likely N-dealkylation sites (N-methyl/N-ethyl adjacent to an activating group) is 1. The molecule has 0 saturated heterocycles. The zero-order valence-corrected chi connectivity index (χ0v) is 25.0. The molecule has 206 valence electrons. The molecule has 0 heterocycles. The third-order valence-corrected chi connectivity index (χ3v) is 12.4. The van der Waals surface area contributed by atoms with Crippen LogP contribution in [0.15, 0.2) is 60.7 Å². The molecule has 3 atom stereocenters. The third-order valence-electron chi connectivity index (χ3n) is 7.83. The summed E-state index contributed by atoms with van der Waals surface area (Å²) in [6, 6.07) is 23.0. The van der Waals surface area contributed by atoms with Crippen LogP contribution >= 0.6 is 0 Å². The number of unbranched alkanes of at least 4 members (excludes halogenated alkanes) is 3. The van der Waals surface area contributed by atoms with Crippen molar-refractivity contribution in [1.29, 1.82) is 0 Å². The van der Waals surface area contributed by atoms with Gasteiger partial charge in [0.05, 0.1) is 18.1 Å². The van der Waals surface area contributed by atoms with Crippen LogP contribution in [-0.4, -0.2) is 43.9 Å². The van der Waals surface area contributed by atoms with E-state index in [1.54, 1.807) is 4.90 Å². The average Bonchev–Trinajstić information content (AvgIpc) is 2.95. The summed E-state index contributed by atoms with van der Waals surface area (Å²) in [5.41, 5.74) is 1.85. The SMILES string of the molecule is CCCC[Si](CCCC)(CCCC)OCC[C@H](C(=O)N(C)[C@@H](C)[C@@H](O)c1ccccc1)c1ccccc1. The summed E-state index contributed by atoms with van der Waals surface area (Å²) in [4.78, 5) is 15.6. The normalized spacial score (nSPS) is 14.2. The lowest BCUT2D eigenvalue weighted by Gasteiger charge is -2.34. The number of hydrogen-bond donors (Lipinski definition) is 1. The van der Waals surface area contributed by atoms with Crippen molar-refractivity contribution in [3.05, 3.63) is 71.8 Å². The number of amides is 1. The smallest absolute Gasteiger partial charge is 0.230 e. The number of carbonyl (C=O) groups is 1. The van der Waals surface area contributed by atoms with Gasteiger partial charge in [-0.25, -0.2) is 0 Å². The minimum atomic E-state index is -1.84. The summed E-state index contributed by atoms with van der Waals surface area (Å²) in [7, 11) is -0.0187. The van der Waals surface area contributed by atoms with Crippen molar-refractivity contribution >= 4 is 14.2 Å². The van der Waals surface area contributed by atoms with Gasteiger partial charge in [-0.15, -0.1) is 0 Å². The van der Waals surface area contributed by atoms with E-state index >= 15 is 0 Å². The molecular formula is C32H51NO3Si. The Labute approximate surface area is 227 Å². The van der Waals surface area contributed by atoms with E-state index < -0.39 is 14.4 Å². The van der Waals surface area contributed by atoms with E-state index in [1.165, 1.54) is 56.7 Å². The zero-order chi connectivity index (χ0) is 27.1. The first kappa shape index (κ1) is 31.3. The third kappa shape index (κ3) is 9.70. The molecule has 1 amide bonds. The van der Waals surface area contributed by atoms with Crippen LogP contribution in [0.2, 0.25) is 18.1 Å². The largest absolute Gasteiger partial charge is 0.417 e. The van der Waals surface area contributed by atoms with Crippen LogP contribution in [0.1, 0.15) is 95.8 Å². The molecule has 0 bridgehead atoms. The number of hydrogen-bond acceptors (Lipinski definition) is 3. The number of benzene rings is 2. The fourth-order valence-corrected chi connectivity index (χ4v) is 9.91. The molecule has 2 rings (SSSR count). The second-order valence-electron chi connectivity index (χ2n) is 10.6. The summed E-state index contributed by atoms with van der Waals surface area (Å²) in [6.07, 6.45) is 7.24. The molecule has 2 aromatic rings. The van der Waals surface area contributed by atoms with Crippen molar-refractivity contribution in [2.24, 2.45) is 0 Å². The maximum Gasteiger partial charge on any atom is 0.230 e. The van der Waals surface area contributed by atoms with Crippen LogP contribution in [-0.2, 0) is 9.22 Å². The minimum Gasteiger partial charge on any atom is -0.417 e. The number of aliphatic hydroxyl groups excluding tert-OH is 1. The first-order valence-electron chi connectivity index (χ1n) is 14.6. The summed E-state index contributed by atoms with van der Waals surface area (Å²) in [5.74, 6) is -0.243. The Hall–Kier alpha value is -1.95. The van der Waals surface area contributed by atoms with Gasteiger partial charge in [0.15, 0.2) is 8.32 Å². The van der Waals surface area contributed by atoms with E-state index in [2.05, 4.69) is 20.8 Å². The molecule has 1 N–H and O–H groups in total. The standard InChI is InChI=1S/C32H51NO3Si/c1-6-9-24-37(25-10-7-2,26-11-8-3)36-23-22-30(28-18-14-12-15-19-28)32(35)33(5)27(4)31(34)29-20-16-13-17-21-29/h12-21,27,30-31,34H,6-11,22-26H2,1-5H3/t27-,30-,31+/m0/s1. The molecule has 0 spiro atoms. The van der Waals surface area contributed by atoms with Gasteiger partial charge in [0.2, 0.25) is 5.91 Å².